The highest BCUT2D eigenvalue weighted by atomic mass is 32.3. The first-order chi connectivity index (χ1) is 8.54. The second-order valence-corrected chi connectivity index (χ2v) is 4.67. The Labute approximate surface area is 139 Å². The van der Waals surface area contributed by atoms with Gasteiger partial charge in [-0.2, -0.15) is 8.42 Å². The number of nitrogens with zero attached hydrogens (tertiary/aromatic N) is 1. The second kappa shape index (κ2) is 32.3. The van der Waals surface area contributed by atoms with Crippen LogP contribution in [-0.2, 0) is 33.0 Å². The molecule has 0 aromatic carbocycles. The first-order valence-corrected chi connectivity index (χ1v) is 6.29. The van der Waals surface area contributed by atoms with E-state index in [1.807, 2.05) is 26.0 Å². The van der Waals surface area contributed by atoms with E-state index in [-0.39, 0.29) is 28.2 Å². The van der Waals surface area contributed by atoms with Gasteiger partial charge in [0.15, 0.2) is 0 Å². The van der Waals surface area contributed by atoms with Gasteiger partial charge in [0.05, 0.1) is 21.3 Å². The summed E-state index contributed by atoms with van der Waals surface area (Å²) in [4.78, 5) is 11.6. The van der Waals surface area contributed by atoms with E-state index >= 15 is 0 Å². The maximum atomic E-state index is 9.92. The van der Waals surface area contributed by atoms with Crippen LogP contribution in [0.3, 0.4) is 0 Å². The van der Waals surface area contributed by atoms with Crippen LogP contribution in [0.4, 0.5) is 0 Å². The molecule has 0 rings (SSSR count). The van der Waals surface area contributed by atoms with Gasteiger partial charge in [0.2, 0.25) is 0 Å². The van der Waals surface area contributed by atoms with Crippen LogP contribution in [0.15, 0.2) is 0 Å². The molecule has 0 aromatic heterocycles. The van der Waals surface area contributed by atoms with Gasteiger partial charge >= 0.3 is 16.4 Å². The predicted octanol–water partition coefficient (Wildman–Crippen LogP) is 2.05. The highest BCUT2D eigenvalue weighted by Crippen LogP contribution is 1.85. The Kier molecular flexibility index (Phi) is 63.0. The van der Waals surface area contributed by atoms with Crippen molar-refractivity contribution in [3.8, 4) is 0 Å². The fourth-order valence-corrected chi connectivity index (χ4v) is 0.204. The van der Waals surface area contributed by atoms with E-state index in [4.69, 9.17) is 0 Å². The second-order valence-electron chi connectivity index (χ2n) is 3.19. The molecule has 144 valence electrons. The molecule has 0 aliphatic heterocycles. The molecule has 0 heterocycles. The van der Waals surface area contributed by atoms with Crippen molar-refractivity contribution in [2.75, 3.05) is 56.7 Å². The third-order valence-corrected chi connectivity index (χ3v) is 1.51. The van der Waals surface area contributed by atoms with Crippen molar-refractivity contribution >= 4 is 16.4 Å². The highest BCUT2D eigenvalue weighted by molar-refractivity contribution is 7.81. The highest BCUT2D eigenvalue weighted by Gasteiger charge is 2.01. The minimum Gasteiger partial charge on any atom is -0.469 e. The number of rotatable bonds is 2. The van der Waals surface area contributed by atoms with Crippen LogP contribution in [0.2, 0.25) is 0 Å². The zero-order valence-electron chi connectivity index (χ0n) is 13.2. The fraction of sp³-hybridized carbons (Fsp3) is 0.923. The molecular formula is C13H39NO7S. The van der Waals surface area contributed by atoms with Gasteiger partial charge in [0, 0.05) is 21.1 Å². The zero-order chi connectivity index (χ0) is 16.5. The standard InChI is InChI=1S/C3H9N.C3H6O2.C2H6O4S.C2H6O.3CH4/c1-4(2)3;1-3(4)5-2;1-5-7(3,4)6-2;1-3-2;;;/h1-3H3;1-2H3;1-2H3;1-2H3;3*1H4. The van der Waals surface area contributed by atoms with E-state index in [0.29, 0.717) is 0 Å². The summed E-state index contributed by atoms with van der Waals surface area (Å²) in [7, 11) is 9.00. The molecule has 0 aliphatic rings. The van der Waals surface area contributed by atoms with Gasteiger partial charge in [-0.25, -0.2) is 0 Å². The molecule has 0 saturated carbocycles. The quantitative estimate of drug-likeness (QED) is 0.697. The van der Waals surface area contributed by atoms with Crippen molar-refractivity contribution in [1.29, 1.82) is 0 Å². The summed E-state index contributed by atoms with van der Waals surface area (Å²) in [5, 5.41) is 0. The maximum Gasteiger partial charge on any atom is 0.399 e. The minimum absolute atomic E-state index is 0. The SMILES string of the molecule is C.C.C.CN(C)C.COC.COC(C)=O.COS(=O)(=O)OC. The van der Waals surface area contributed by atoms with Crippen molar-refractivity contribution in [3.63, 3.8) is 0 Å². The van der Waals surface area contributed by atoms with Gasteiger partial charge in [-0.1, -0.05) is 22.3 Å². The average molecular weight is 354 g/mol. The molecule has 8 nitrogen and oxygen atoms in total. The largest absolute Gasteiger partial charge is 0.469 e. The molecule has 0 aromatic rings. The lowest BCUT2D eigenvalue weighted by molar-refractivity contribution is -0.137. The normalized spacial score (nSPS) is 7.73. The average Bonchev–Trinajstić information content (AvgIpc) is 2.30. The minimum atomic E-state index is -3.66. The van der Waals surface area contributed by atoms with Crippen LogP contribution in [-0.4, -0.2) is 76.0 Å². The van der Waals surface area contributed by atoms with Crippen LogP contribution in [0.25, 0.3) is 0 Å². The van der Waals surface area contributed by atoms with Crippen molar-refractivity contribution < 1.29 is 31.1 Å². The van der Waals surface area contributed by atoms with Gasteiger partial charge in [-0.3, -0.25) is 13.2 Å². The van der Waals surface area contributed by atoms with Crippen molar-refractivity contribution in [2.45, 2.75) is 29.2 Å². The fourth-order valence-electron chi connectivity index (χ4n) is 0.0680. The molecule has 0 radical (unpaired) electrons. The topological polar surface area (TPSA) is 91.4 Å². The van der Waals surface area contributed by atoms with Gasteiger partial charge in [-0.15, -0.1) is 0 Å². The summed E-state index contributed by atoms with van der Waals surface area (Å²) >= 11 is 0. The molecular weight excluding hydrogens is 314 g/mol. The molecule has 9 heteroatoms. The van der Waals surface area contributed by atoms with Crippen molar-refractivity contribution in [2.24, 2.45) is 0 Å². The van der Waals surface area contributed by atoms with Crippen LogP contribution in [0.1, 0.15) is 29.2 Å². The zero-order valence-corrected chi connectivity index (χ0v) is 14.0. The summed E-state index contributed by atoms with van der Waals surface area (Å²) in [6.07, 6.45) is 0. The van der Waals surface area contributed by atoms with Gasteiger partial charge in [-0.05, 0) is 21.1 Å². The van der Waals surface area contributed by atoms with E-state index in [9.17, 15) is 13.2 Å². The van der Waals surface area contributed by atoms with E-state index in [2.05, 4.69) is 17.8 Å². The lowest BCUT2D eigenvalue weighted by Crippen LogP contribution is -2.02. The first kappa shape index (κ1) is 42.9. The van der Waals surface area contributed by atoms with Gasteiger partial charge in [0.1, 0.15) is 0 Å². The lowest BCUT2D eigenvalue weighted by Gasteiger charge is -1.91. The van der Waals surface area contributed by atoms with Crippen molar-refractivity contribution in [1.82, 2.24) is 4.90 Å². The Bertz CT molecular complexity index is 255. The number of carbonyl (C=O) groups excluding carboxylic acids is 1. The third kappa shape index (κ3) is 122. The van der Waals surface area contributed by atoms with Gasteiger partial charge in [0.25, 0.3) is 0 Å². The Hall–Kier alpha value is -0.740. The summed E-state index contributed by atoms with van der Waals surface area (Å²) < 4.78 is 35.9. The van der Waals surface area contributed by atoms with E-state index in [1.165, 1.54) is 14.0 Å². The maximum absolute atomic E-state index is 9.92. The molecule has 0 aliphatic carbocycles. The van der Waals surface area contributed by atoms with E-state index in [1.54, 1.807) is 14.2 Å². The Morgan fingerprint density at radius 1 is 0.818 bits per heavy atom. The molecule has 0 saturated heterocycles. The number of hydrogen-bond donors (Lipinski definition) is 0. The monoisotopic (exact) mass is 353 g/mol. The lowest BCUT2D eigenvalue weighted by atomic mass is 10.8. The Morgan fingerprint density at radius 2 is 0.955 bits per heavy atom. The molecule has 0 bridgehead atoms. The van der Waals surface area contributed by atoms with Crippen LogP contribution >= 0.6 is 0 Å². The Morgan fingerprint density at radius 3 is 0.955 bits per heavy atom. The van der Waals surface area contributed by atoms with Crippen LogP contribution in [0, 0.1) is 0 Å². The molecule has 0 N–H and O–H groups in total. The van der Waals surface area contributed by atoms with E-state index in [0.717, 1.165) is 14.2 Å². The number of methoxy groups -OCH3 is 2. The molecule has 0 spiro atoms. The summed E-state index contributed by atoms with van der Waals surface area (Å²) in [5.41, 5.74) is 0. The van der Waals surface area contributed by atoms with Crippen LogP contribution in [0.5, 0.6) is 0 Å². The third-order valence-electron chi connectivity index (χ3n) is 0.696. The number of carbonyl (C=O) groups is 1. The summed E-state index contributed by atoms with van der Waals surface area (Å²) in [6, 6.07) is 0. The molecule has 22 heavy (non-hydrogen) atoms. The number of ether oxygens (including phenoxy) is 2. The van der Waals surface area contributed by atoms with Crippen molar-refractivity contribution in [3.05, 3.63) is 0 Å². The molecule has 0 amide bonds. The first-order valence-electron chi connectivity index (χ1n) is 4.96. The Balaban J connectivity index is -0.0000000272. The molecule has 0 atom stereocenters. The number of esters is 1. The van der Waals surface area contributed by atoms with E-state index < -0.39 is 10.4 Å². The predicted molar refractivity (Wildman–Crippen MR) is 93.4 cm³/mol. The molecule has 0 fully saturated rings. The smallest absolute Gasteiger partial charge is 0.399 e. The van der Waals surface area contributed by atoms with Crippen LogP contribution < -0.4 is 0 Å². The summed E-state index contributed by atoms with van der Waals surface area (Å²) in [5.74, 6) is -0.245. The molecule has 0 unspecified atom stereocenters. The van der Waals surface area contributed by atoms with Gasteiger partial charge < -0.3 is 14.4 Å². The number of hydrogen-bond acceptors (Lipinski definition) is 8. The summed E-state index contributed by atoms with van der Waals surface area (Å²) in [6.45, 7) is 1.36.